The van der Waals surface area contributed by atoms with Crippen molar-refractivity contribution in [1.82, 2.24) is 4.90 Å². The van der Waals surface area contributed by atoms with Crippen LogP contribution in [0, 0.1) is 12.8 Å². The molecule has 0 saturated carbocycles. The zero-order valence-corrected chi connectivity index (χ0v) is 9.86. The quantitative estimate of drug-likeness (QED) is 0.725. The van der Waals surface area contributed by atoms with Gasteiger partial charge in [-0.25, -0.2) is 0 Å². The van der Waals surface area contributed by atoms with Gasteiger partial charge in [0.15, 0.2) is 0 Å². The Bertz CT molecular complexity index is 354. The molecular formula is C14H19NO. The molecule has 2 rings (SSSR count). The smallest absolute Gasteiger partial charge is 0.123 e. The Hall–Kier alpha value is -1.15. The third-order valence-corrected chi connectivity index (χ3v) is 3.31. The van der Waals surface area contributed by atoms with Crippen molar-refractivity contribution >= 4 is 6.29 Å². The fourth-order valence-corrected chi connectivity index (χ4v) is 2.32. The molecule has 0 spiro atoms. The number of likely N-dealkylation sites (tertiary alicyclic amines) is 1. The maximum atomic E-state index is 10.7. The summed E-state index contributed by atoms with van der Waals surface area (Å²) in [5, 5.41) is 0. The molecule has 1 heterocycles. The molecule has 2 nitrogen and oxygen atoms in total. The third kappa shape index (κ3) is 2.92. The van der Waals surface area contributed by atoms with Gasteiger partial charge in [0.2, 0.25) is 0 Å². The Balaban J connectivity index is 1.89. The summed E-state index contributed by atoms with van der Waals surface area (Å²) in [6, 6.07) is 8.66. The van der Waals surface area contributed by atoms with Crippen LogP contribution >= 0.6 is 0 Å². The van der Waals surface area contributed by atoms with E-state index in [0.29, 0.717) is 5.92 Å². The highest BCUT2D eigenvalue weighted by atomic mass is 16.1. The molecule has 16 heavy (non-hydrogen) atoms. The average molecular weight is 217 g/mol. The van der Waals surface area contributed by atoms with Crippen LogP contribution in [0.5, 0.6) is 0 Å². The van der Waals surface area contributed by atoms with Gasteiger partial charge in [-0.3, -0.25) is 4.90 Å². The molecular weight excluding hydrogens is 198 g/mol. The highest BCUT2D eigenvalue weighted by Gasteiger charge is 2.18. The number of nitrogens with zero attached hydrogens (tertiary/aromatic N) is 1. The van der Waals surface area contributed by atoms with Crippen LogP contribution in [0.3, 0.4) is 0 Å². The van der Waals surface area contributed by atoms with Crippen LogP contribution in [0.25, 0.3) is 0 Å². The van der Waals surface area contributed by atoms with Crippen molar-refractivity contribution in [3.63, 3.8) is 0 Å². The molecule has 86 valence electrons. The predicted molar refractivity (Wildman–Crippen MR) is 65.2 cm³/mol. The summed E-state index contributed by atoms with van der Waals surface area (Å²) >= 11 is 0. The van der Waals surface area contributed by atoms with Crippen molar-refractivity contribution in [3.8, 4) is 0 Å². The predicted octanol–water partition coefficient (Wildman–Crippen LogP) is 2.41. The van der Waals surface area contributed by atoms with Gasteiger partial charge in [-0.2, -0.15) is 0 Å². The lowest BCUT2D eigenvalue weighted by Gasteiger charge is -2.29. The molecule has 1 aliphatic heterocycles. The lowest BCUT2D eigenvalue weighted by atomic mass is 9.98. The summed E-state index contributed by atoms with van der Waals surface area (Å²) in [6.07, 6.45) is 3.16. The van der Waals surface area contributed by atoms with Crippen LogP contribution in [0.2, 0.25) is 0 Å². The fourth-order valence-electron chi connectivity index (χ4n) is 2.32. The van der Waals surface area contributed by atoms with Gasteiger partial charge in [0, 0.05) is 12.5 Å². The molecule has 0 amide bonds. The van der Waals surface area contributed by atoms with Crippen molar-refractivity contribution in [2.75, 3.05) is 13.1 Å². The molecule has 0 bridgehead atoms. The number of piperidine rings is 1. The van der Waals surface area contributed by atoms with E-state index in [2.05, 4.69) is 36.1 Å². The van der Waals surface area contributed by atoms with Crippen LogP contribution in [0.1, 0.15) is 24.0 Å². The molecule has 1 fully saturated rings. The van der Waals surface area contributed by atoms with E-state index >= 15 is 0 Å². The van der Waals surface area contributed by atoms with Gasteiger partial charge in [0.1, 0.15) is 6.29 Å². The minimum absolute atomic E-state index is 0.300. The summed E-state index contributed by atoms with van der Waals surface area (Å²) < 4.78 is 0. The molecule has 1 saturated heterocycles. The molecule has 0 radical (unpaired) electrons. The van der Waals surface area contributed by atoms with E-state index in [4.69, 9.17) is 0 Å². The average Bonchev–Trinajstić information content (AvgIpc) is 2.30. The van der Waals surface area contributed by atoms with E-state index < -0.39 is 0 Å². The van der Waals surface area contributed by atoms with Gasteiger partial charge in [-0.15, -0.1) is 0 Å². The number of benzene rings is 1. The van der Waals surface area contributed by atoms with Crippen LogP contribution < -0.4 is 0 Å². The van der Waals surface area contributed by atoms with Crippen LogP contribution in [-0.2, 0) is 11.3 Å². The van der Waals surface area contributed by atoms with Crippen molar-refractivity contribution in [2.24, 2.45) is 5.92 Å². The first kappa shape index (κ1) is 11.3. The highest BCUT2D eigenvalue weighted by molar-refractivity contribution is 5.53. The summed E-state index contributed by atoms with van der Waals surface area (Å²) in [7, 11) is 0. The molecule has 0 N–H and O–H groups in total. The van der Waals surface area contributed by atoms with E-state index in [0.717, 1.165) is 38.8 Å². The number of hydrogen-bond donors (Lipinski definition) is 0. The van der Waals surface area contributed by atoms with E-state index in [1.807, 2.05) is 0 Å². The molecule has 2 heteroatoms. The van der Waals surface area contributed by atoms with E-state index in [9.17, 15) is 4.79 Å². The number of aldehydes is 1. The van der Waals surface area contributed by atoms with Gasteiger partial charge in [0.25, 0.3) is 0 Å². The first-order valence-corrected chi connectivity index (χ1v) is 6.01. The molecule has 1 aromatic carbocycles. The van der Waals surface area contributed by atoms with Crippen molar-refractivity contribution in [3.05, 3.63) is 35.4 Å². The number of carbonyl (C=O) groups is 1. The first-order chi connectivity index (χ1) is 7.78. The van der Waals surface area contributed by atoms with E-state index in [-0.39, 0.29) is 0 Å². The molecule has 0 unspecified atom stereocenters. The van der Waals surface area contributed by atoms with Crippen LogP contribution in [0.15, 0.2) is 24.3 Å². The zero-order chi connectivity index (χ0) is 11.4. The topological polar surface area (TPSA) is 20.3 Å². The summed E-state index contributed by atoms with van der Waals surface area (Å²) in [5.74, 6) is 0.300. The normalized spacial score (nSPS) is 18.6. The number of hydrogen-bond acceptors (Lipinski definition) is 2. The van der Waals surface area contributed by atoms with E-state index in [1.165, 1.54) is 11.1 Å². The SMILES string of the molecule is Cc1cccc(CN2CCC(C=O)CC2)c1. The zero-order valence-electron chi connectivity index (χ0n) is 9.86. The molecule has 0 aromatic heterocycles. The molecule has 1 aromatic rings. The molecule has 0 atom stereocenters. The van der Waals surface area contributed by atoms with Crippen LogP contribution in [-0.4, -0.2) is 24.3 Å². The minimum Gasteiger partial charge on any atom is -0.303 e. The van der Waals surface area contributed by atoms with Crippen molar-refractivity contribution in [2.45, 2.75) is 26.3 Å². The van der Waals surface area contributed by atoms with Gasteiger partial charge in [0.05, 0.1) is 0 Å². The Labute approximate surface area is 97.3 Å². The van der Waals surface area contributed by atoms with Gasteiger partial charge in [-0.1, -0.05) is 29.8 Å². The summed E-state index contributed by atoms with van der Waals surface area (Å²) in [5.41, 5.74) is 2.70. The van der Waals surface area contributed by atoms with E-state index in [1.54, 1.807) is 0 Å². The second-order valence-corrected chi connectivity index (χ2v) is 4.74. The molecule has 0 aliphatic carbocycles. The lowest BCUT2D eigenvalue weighted by Crippen LogP contribution is -2.33. The molecule has 1 aliphatic rings. The van der Waals surface area contributed by atoms with Gasteiger partial charge in [-0.05, 0) is 38.4 Å². The van der Waals surface area contributed by atoms with Crippen molar-refractivity contribution < 1.29 is 4.79 Å². The Kier molecular flexibility index (Phi) is 3.73. The Morgan fingerprint density at radius 2 is 2.12 bits per heavy atom. The Morgan fingerprint density at radius 3 is 2.75 bits per heavy atom. The van der Waals surface area contributed by atoms with Crippen LogP contribution in [0.4, 0.5) is 0 Å². The number of rotatable bonds is 3. The monoisotopic (exact) mass is 217 g/mol. The maximum Gasteiger partial charge on any atom is 0.123 e. The second-order valence-electron chi connectivity index (χ2n) is 4.74. The largest absolute Gasteiger partial charge is 0.303 e. The lowest BCUT2D eigenvalue weighted by molar-refractivity contribution is -0.112. The second kappa shape index (κ2) is 5.26. The highest BCUT2D eigenvalue weighted by Crippen LogP contribution is 2.17. The summed E-state index contributed by atoms with van der Waals surface area (Å²) in [4.78, 5) is 13.1. The Morgan fingerprint density at radius 1 is 1.38 bits per heavy atom. The first-order valence-electron chi connectivity index (χ1n) is 6.01. The fraction of sp³-hybridized carbons (Fsp3) is 0.500. The van der Waals surface area contributed by atoms with Gasteiger partial charge < -0.3 is 4.79 Å². The van der Waals surface area contributed by atoms with Gasteiger partial charge >= 0.3 is 0 Å². The maximum absolute atomic E-state index is 10.7. The number of carbonyl (C=O) groups excluding carboxylic acids is 1. The standard InChI is InChI=1S/C14H19NO/c1-12-3-2-4-14(9-12)10-15-7-5-13(11-16)6-8-15/h2-4,9,11,13H,5-8,10H2,1H3. The third-order valence-electron chi connectivity index (χ3n) is 3.31. The summed E-state index contributed by atoms with van der Waals surface area (Å²) in [6.45, 7) is 5.25. The number of aryl methyl sites for hydroxylation is 1. The minimum atomic E-state index is 0.300. The van der Waals surface area contributed by atoms with Crippen molar-refractivity contribution in [1.29, 1.82) is 0 Å².